The molecule has 4 aromatic rings. The van der Waals surface area contributed by atoms with E-state index in [1.165, 1.54) is 18.5 Å². The van der Waals surface area contributed by atoms with Gasteiger partial charge in [0.2, 0.25) is 5.88 Å². The molecule has 0 atom stereocenters. The summed E-state index contributed by atoms with van der Waals surface area (Å²) >= 11 is 0. The van der Waals surface area contributed by atoms with E-state index in [4.69, 9.17) is 9.97 Å². The Hall–Kier alpha value is -3.66. The molecule has 39 heavy (non-hydrogen) atoms. The molecule has 10 heteroatoms. The van der Waals surface area contributed by atoms with Crippen LogP contribution in [-0.2, 0) is 32.4 Å². The number of piperidine rings is 1. The molecule has 0 unspecified atom stereocenters. The van der Waals surface area contributed by atoms with E-state index in [0.717, 1.165) is 99.6 Å². The Kier molecular flexibility index (Phi) is 7.12. The Balaban J connectivity index is 1.12. The molecule has 204 valence electrons. The summed E-state index contributed by atoms with van der Waals surface area (Å²) in [5, 5.41) is 10.3. The van der Waals surface area contributed by atoms with Crippen LogP contribution < -0.4 is 5.56 Å². The van der Waals surface area contributed by atoms with Crippen molar-refractivity contribution >= 4 is 11.2 Å². The van der Waals surface area contributed by atoms with Crippen molar-refractivity contribution in [2.24, 2.45) is 5.92 Å². The maximum Gasteiger partial charge on any atom is 0.256 e. The first-order valence-electron chi connectivity index (χ1n) is 13.9. The van der Waals surface area contributed by atoms with E-state index in [-0.39, 0.29) is 17.3 Å². The second-order valence-electron chi connectivity index (χ2n) is 10.9. The Morgan fingerprint density at radius 1 is 1.05 bits per heavy atom. The molecule has 0 aliphatic carbocycles. The van der Waals surface area contributed by atoms with E-state index < -0.39 is 0 Å². The molecule has 1 fully saturated rings. The van der Waals surface area contributed by atoms with Gasteiger partial charge in [0.05, 0.1) is 6.54 Å². The molecule has 0 radical (unpaired) electrons. The lowest BCUT2D eigenvalue weighted by Gasteiger charge is -2.32. The first-order valence-corrected chi connectivity index (χ1v) is 13.9. The minimum Gasteiger partial charge on any atom is -0.492 e. The maximum atomic E-state index is 13.5. The zero-order chi connectivity index (χ0) is 26.9. The van der Waals surface area contributed by atoms with Gasteiger partial charge in [-0.15, -0.1) is 0 Å². The average molecular weight is 532 g/mol. The first kappa shape index (κ1) is 25.6. The molecule has 2 aliphatic rings. The molecule has 9 nitrogen and oxygen atoms in total. The van der Waals surface area contributed by atoms with Crippen molar-refractivity contribution in [2.45, 2.75) is 65.0 Å². The first-order chi connectivity index (χ1) is 19.0. The third kappa shape index (κ3) is 5.30. The van der Waals surface area contributed by atoms with Crippen LogP contribution in [0.15, 0.2) is 35.4 Å². The van der Waals surface area contributed by atoms with E-state index >= 15 is 0 Å². The van der Waals surface area contributed by atoms with Gasteiger partial charge < -0.3 is 14.6 Å². The fraction of sp³-hybridized carbons (Fsp3) is 0.483. The molecule has 0 amide bonds. The van der Waals surface area contributed by atoms with Crippen LogP contribution >= 0.6 is 0 Å². The molecule has 0 spiro atoms. The van der Waals surface area contributed by atoms with Crippen molar-refractivity contribution in [2.75, 3.05) is 19.6 Å². The van der Waals surface area contributed by atoms with Crippen LogP contribution in [0.1, 0.15) is 54.2 Å². The topological polar surface area (TPSA) is 102 Å². The SMILES string of the molecule is Cc1nc2n(c(=O)c1CCN1CCC(Cc3nc4c(O)ncnc4n3Cc3ccc(F)cc3)CC1)CCCC2. The summed E-state index contributed by atoms with van der Waals surface area (Å²) in [5.41, 5.74) is 3.81. The average Bonchev–Trinajstić information content (AvgIpc) is 3.28. The van der Waals surface area contributed by atoms with Gasteiger partial charge in [-0.2, -0.15) is 4.98 Å². The molecule has 0 bridgehead atoms. The largest absolute Gasteiger partial charge is 0.492 e. The third-order valence-electron chi connectivity index (χ3n) is 8.28. The predicted octanol–water partition coefficient (Wildman–Crippen LogP) is 3.42. The molecule has 3 aromatic heterocycles. The molecule has 6 rings (SSSR count). The number of imidazole rings is 1. The molecule has 1 N–H and O–H groups in total. The van der Waals surface area contributed by atoms with Crippen molar-refractivity contribution in [3.8, 4) is 5.88 Å². The van der Waals surface area contributed by atoms with Crippen LogP contribution in [0.3, 0.4) is 0 Å². The highest BCUT2D eigenvalue weighted by Crippen LogP contribution is 2.27. The highest BCUT2D eigenvalue weighted by molar-refractivity contribution is 5.76. The quantitative estimate of drug-likeness (QED) is 0.390. The van der Waals surface area contributed by atoms with Crippen molar-refractivity contribution in [1.29, 1.82) is 0 Å². The smallest absolute Gasteiger partial charge is 0.256 e. The Bertz CT molecular complexity index is 1540. The number of hydrogen-bond acceptors (Lipinski definition) is 7. The molecule has 1 aromatic carbocycles. The van der Waals surface area contributed by atoms with Crippen LogP contribution in [0.25, 0.3) is 11.2 Å². The summed E-state index contributed by atoms with van der Waals surface area (Å²) in [7, 11) is 0. The molecular formula is C29H34FN7O2. The summed E-state index contributed by atoms with van der Waals surface area (Å²) < 4.78 is 17.3. The highest BCUT2D eigenvalue weighted by Gasteiger charge is 2.24. The van der Waals surface area contributed by atoms with Gasteiger partial charge in [0.25, 0.3) is 5.56 Å². The lowest BCUT2D eigenvalue weighted by Crippen LogP contribution is -2.38. The lowest BCUT2D eigenvalue weighted by molar-refractivity contribution is 0.184. The van der Waals surface area contributed by atoms with Crippen molar-refractivity contribution < 1.29 is 9.50 Å². The van der Waals surface area contributed by atoms with Gasteiger partial charge in [0.1, 0.15) is 23.8 Å². The summed E-state index contributed by atoms with van der Waals surface area (Å²) in [5.74, 6) is 1.84. The predicted molar refractivity (Wildman–Crippen MR) is 145 cm³/mol. The van der Waals surface area contributed by atoms with Crippen molar-refractivity contribution in [3.05, 3.63) is 75.2 Å². The van der Waals surface area contributed by atoms with Gasteiger partial charge in [-0.3, -0.25) is 9.36 Å². The second-order valence-corrected chi connectivity index (χ2v) is 10.9. The normalized spacial score (nSPS) is 16.6. The number of aromatic hydroxyl groups is 1. The monoisotopic (exact) mass is 531 g/mol. The molecule has 5 heterocycles. The zero-order valence-corrected chi connectivity index (χ0v) is 22.3. The van der Waals surface area contributed by atoms with E-state index in [9.17, 15) is 14.3 Å². The number of rotatable bonds is 7. The fourth-order valence-electron chi connectivity index (χ4n) is 6.02. The minimum absolute atomic E-state index is 0.128. The van der Waals surface area contributed by atoms with Gasteiger partial charge in [0.15, 0.2) is 11.2 Å². The summed E-state index contributed by atoms with van der Waals surface area (Å²) in [6.07, 6.45) is 7.94. The number of aryl methyl sites for hydroxylation is 2. The number of aromatic nitrogens is 6. The van der Waals surface area contributed by atoms with E-state index in [0.29, 0.717) is 23.6 Å². The summed E-state index contributed by atoms with van der Waals surface area (Å²) in [4.78, 5) is 33.3. The number of hydrogen-bond donors (Lipinski definition) is 1. The number of fused-ring (bicyclic) bond motifs is 2. The van der Waals surface area contributed by atoms with Crippen LogP contribution in [0.5, 0.6) is 5.88 Å². The van der Waals surface area contributed by atoms with E-state index in [2.05, 4.69) is 14.9 Å². The van der Waals surface area contributed by atoms with E-state index in [1.807, 2.05) is 16.1 Å². The summed E-state index contributed by atoms with van der Waals surface area (Å²) in [6, 6.07) is 6.42. The van der Waals surface area contributed by atoms with Gasteiger partial charge in [-0.25, -0.2) is 19.3 Å². The second kappa shape index (κ2) is 10.8. The van der Waals surface area contributed by atoms with Crippen LogP contribution in [-0.4, -0.2) is 58.7 Å². The molecule has 2 aliphatic heterocycles. The molecule has 1 saturated heterocycles. The Morgan fingerprint density at radius 2 is 1.85 bits per heavy atom. The maximum absolute atomic E-state index is 13.5. The van der Waals surface area contributed by atoms with Crippen LogP contribution in [0, 0.1) is 18.7 Å². The molecular weight excluding hydrogens is 497 g/mol. The van der Waals surface area contributed by atoms with Gasteiger partial charge in [-0.1, -0.05) is 12.1 Å². The number of likely N-dealkylation sites (tertiary alicyclic amines) is 1. The van der Waals surface area contributed by atoms with Gasteiger partial charge >= 0.3 is 0 Å². The van der Waals surface area contributed by atoms with Crippen molar-refractivity contribution in [1.82, 2.24) is 34.0 Å². The Morgan fingerprint density at radius 3 is 2.64 bits per heavy atom. The zero-order valence-electron chi connectivity index (χ0n) is 22.3. The van der Waals surface area contributed by atoms with Crippen LogP contribution in [0.4, 0.5) is 4.39 Å². The Labute approximate surface area is 226 Å². The lowest BCUT2D eigenvalue weighted by atomic mass is 9.93. The van der Waals surface area contributed by atoms with Crippen LogP contribution in [0.2, 0.25) is 0 Å². The minimum atomic E-state index is -0.274. The third-order valence-corrected chi connectivity index (χ3v) is 8.28. The van der Waals surface area contributed by atoms with Gasteiger partial charge in [-0.05, 0) is 75.7 Å². The van der Waals surface area contributed by atoms with Gasteiger partial charge in [0, 0.05) is 37.2 Å². The highest BCUT2D eigenvalue weighted by atomic mass is 19.1. The number of nitrogens with zero attached hydrogens (tertiary/aromatic N) is 7. The molecule has 0 saturated carbocycles. The fourth-order valence-corrected chi connectivity index (χ4v) is 6.02. The number of benzene rings is 1. The standard InChI is InChI=1S/C29H34FN7O2/c1-19-23(29(39)36-12-3-2-4-24(36)33-19)11-15-35-13-9-20(10-14-35)16-25-34-26-27(31-18-32-28(26)38)37(25)17-21-5-7-22(30)8-6-21/h5-8,18,20H,2-4,9-17H2,1H3,(H,31,32,38). The number of halogens is 1. The summed E-state index contributed by atoms with van der Waals surface area (Å²) in [6.45, 7) is 6.04. The van der Waals surface area contributed by atoms with E-state index in [1.54, 1.807) is 12.1 Å². The van der Waals surface area contributed by atoms with Crippen molar-refractivity contribution in [3.63, 3.8) is 0 Å².